The van der Waals surface area contributed by atoms with Gasteiger partial charge in [-0.25, -0.2) is 9.59 Å². The number of benzene rings is 3. The highest BCUT2D eigenvalue weighted by Gasteiger charge is 2.55. The zero-order chi connectivity index (χ0) is 32.7. The van der Waals surface area contributed by atoms with E-state index in [4.69, 9.17) is 5.73 Å². The molecule has 1 saturated heterocycles. The minimum atomic E-state index is -1.70. The maximum absolute atomic E-state index is 13.9. The summed E-state index contributed by atoms with van der Waals surface area (Å²) in [6.45, 7) is 1.07. The lowest BCUT2D eigenvalue weighted by atomic mass is 9.89. The maximum Gasteiger partial charge on any atom is 0.330 e. The third kappa shape index (κ3) is 7.16. The summed E-state index contributed by atoms with van der Waals surface area (Å²) in [6, 6.07) is 19.6. The monoisotopic (exact) mass is 615 g/mol. The van der Waals surface area contributed by atoms with Gasteiger partial charge < -0.3 is 31.5 Å². The Kier molecular flexibility index (Phi) is 9.94. The van der Waals surface area contributed by atoms with Gasteiger partial charge in [0.25, 0.3) is 5.91 Å². The number of imide groups is 1. The van der Waals surface area contributed by atoms with E-state index in [1.54, 1.807) is 73.7 Å². The average Bonchev–Trinajstić information content (AvgIpc) is 3.20. The zero-order valence-corrected chi connectivity index (χ0v) is 24.4. The van der Waals surface area contributed by atoms with Crippen molar-refractivity contribution in [2.75, 3.05) is 6.54 Å². The van der Waals surface area contributed by atoms with Crippen molar-refractivity contribution in [3.63, 3.8) is 0 Å². The number of nitrogens with zero attached hydrogens (tertiary/aromatic N) is 2. The number of nitrogens with one attached hydrogen (secondary N) is 2. The normalized spacial score (nSPS) is 17.5. The fourth-order valence-electron chi connectivity index (χ4n) is 5.12. The Hall–Kier alpha value is -5.56. The van der Waals surface area contributed by atoms with Crippen LogP contribution in [-0.4, -0.2) is 68.3 Å². The maximum atomic E-state index is 13.9. The Morgan fingerprint density at radius 1 is 0.844 bits per heavy atom. The molecule has 0 aromatic heterocycles. The molecule has 3 atom stereocenters. The number of rotatable bonds is 13. The van der Waals surface area contributed by atoms with Crippen LogP contribution in [0.5, 0.6) is 0 Å². The SMILES string of the molecule is CC1(c2ccc(CN)cc2)C(=O)N(CC(=O)N[C@@H](CC(=O)O)C(=O)N[C@H](C(=O)O)c2ccccc2)C(=O)N1Cc1ccccc1. The molecule has 6 N–H and O–H groups in total. The molecule has 1 heterocycles. The minimum absolute atomic E-state index is 0.0405. The number of urea groups is 1. The van der Waals surface area contributed by atoms with Crippen LogP contribution < -0.4 is 16.4 Å². The van der Waals surface area contributed by atoms with Crippen molar-refractivity contribution in [2.24, 2.45) is 5.73 Å². The Morgan fingerprint density at radius 3 is 2.00 bits per heavy atom. The van der Waals surface area contributed by atoms with Crippen LogP contribution in [0, 0.1) is 0 Å². The van der Waals surface area contributed by atoms with Crippen LogP contribution in [0.25, 0.3) is 0 Å². The van der Waals surface area contributed by atoms with Crippen LogP contribution in [0.4, 0.5) is 4.79 Å². The molecule has 0 aliphatic carbocycles. The standard InChI is InChI=1S/C32H33N5O8/c1-32(23-14-12-20(17-33)13-15-23)30(44)36(31(45)37(32)18-21-8-4-2-5-9-21)19-25(38)34-24(16-26(39)40)28(41)35-27(29(42)43)22-10-6-3-7-11-22/h2-15,24,27H,16-19,33H2,1H3,(H,34,38)(H,35,41)(H,39,40)(H,42,43)/t24-,27-,32?/m0/s1. The van der Waals surface area contributed by atoms with Gasteiger partial charge in [0.05, 0.1) is 6.42 Å². The van der Waals surface area contributed by atoms with E-state index >= 15 is 0 Å². The molecule has 0 bridgehead atoms. The number of carboxylic acids is 2. The van der Waals surface area contributed by atoms with Crippen LogP contribution >= 0.6 is 0 Å². The number of carbonyl (C=O) groups is 6. The van der Waals surface area contributed by atoms with E-state index in [0.717, 1.165) is 16.0 Å². The summed E-state index contributed by atoms with van der Waals surface area (Å²) in [5, 5.41) is 23.6. The van der Waals surface area contributed by atoms with Gasteiger partial charge in [-0.1, -0.05) is 84.9 Å². The van der Waals surface area contributed by atoms with Crippen LogP contribution in [0.3, 0.4) is 0 Å². The summed E-state index contributed by atoms with van der Waals surface area (Å²) in [4.78, 5) is 79.4. The van der Waals surface area contributed by atoms with E-state index in [9.17, 15) is 39.0 Å². The third-order valence-corrected chi connectivity index (χ3v) is 7.60. The van der Waals surface area contributed by atoms with Crippen LogP contribution in [0.2, 0.25) is 0 Å². The van der Waals surface area contributed by atoms with E-state index in [0.29, 0.717) is 5.56 Å². The number of aliphatic carboxylic acids is 2. The van der Waals surface area contributed by atoms with Crippen LogP contribution in [0.1, 0.15) is 41.6 Å². The topological polar surface area (TPSA) is 199 Å². The first-order valence-electron chi connectivity index (χ1n) is 14.0. The van der Waals surface area contributed by atoms with E-state index in [-0.39, 0.29) is 18.7 Å². The summed E-state index contributed by atoms with van der Waals surface area (Å²) in [7, 11) is 0. The van der Waals surface area contributed by atoms with E-state index in [2.05, 4.69) is 10.6 Å². The van der Waals surface area contributed by atoms with E-state index in [1.807, 2.05) is 6.07 Å². The second kappa shape index (κ2) is 13.8. The first-order valence-corrected chi connectivity index (χ1v) is 14.0. The Labute approximate surface area is 258 Å². The summed E-state index contributed by atoms with van der Waals surface area (Å²) < 4.78 is 0. The Balaban J connectivity index is 1.57. The van der Waals surface area contributed by atoms with Gasteiger partial charge in [0, 0.05) is 13.1 Å². The summed E-state index contributed by atoms with van der Waals surface area (Å²) in [5.74, 6) is -5.62. The van der Waals surface area contributed by atoms with Gasteiger partial charge >= 0.3 is 18.0 Å². The third-order valence-electron chi connectivity index (χ3n) is 7.60. The Morgan fingerprint density at radius 2 is 1.44 bits per heavy atom. The molecule has 0 saturated carbocycles. The molecule has 1 aliphatic heterocycles. The predicted octanol–water partition coefficient (Wildman–Crippen LogP) is 1.73. The number of hydrogen-bond donors (Lipinski definition) is 5. The van der Waals surface area contributed by atoms with E-state index < -0.39 is 66.3 Å². The second-order valence-electron chi connectivity index (χ2n) is 10.6. The summed E-state index contributed by atoms with van der Waals surface area (Å²) in [6.07, 6.45) is -0.883. The first kappa shape index (κ1) is 32.4. The van der Waals surface area contributed by atoms with Crippen molar-refractivity contribution >= 4 is 35.7 Å². The average molecular weight is 616 g/mol. The van der Waals surface area contributed by atoms with Crippen molar-refractivity contribution in [3.05, 3.63) is 107 Å². The van der Waals surface area contributed by atoms with Gasteiger partial charge in [0.2, 0.25) is 11.8 Å². The lowest BCUT2D eigenvalue weighted by molar-refractivity contribution is -0.144. The molecular formula is C32H33N5O8. The van der Waals surface area contributed by atoms with E-state index in [1.165, 1.54) is 17.0 Å². The number of amides is 5. The first-order chi connectivity index (χ1) is 21.4. The number of hydrogen-bond acceptors (Lipinski definition) is 7. The fraction of sp³-hybridized carbons (Fsp3) is 0.250. The molecule has 3 aromatic carbocycles. The molecule has 13 nitrogen and oxygen atoms in total. The highest BCUT2D eigenvalue weighted by molar-refractivity contribution is 6.09. The highest BCUT2D eigenvalue weighted by atomic mass is 16.4. The largest absolute Gasteiger partial charge is 0.481 e. The highest BCUT2D eigenvalue weighted by Crippen LogP contribution is 2.38. The molecule has 0 radical (unpaired) electrons. The molecule has 45 heavy (non-hydrogen) atoms. The van der Waals surface area contributed by atoms with Crippen molar-refractivity contribution in [1.29, 1.82) is 0 Å². The number of carboxylic acid groups (broad SMARTS) is 2. The molecule has 1 aliphatic rings. The number of carbonyl (C=O) groups excluding carboxylic acids is 4. The molecule has 1 unspecified atom stereocenters. The molecule has 1 fully saturated rings. The van der Waals surface area contributed by atoms with Gasteiger partial charge in [0.15, 0.2) is 6.04 Å². The lowest BCUT2D eigenvalue weighted by Gasteiger charge is -2.32. The lowest BCUT2D eigenvalue weighted by Crippen LogP contribution is -2.52. The zero-order valence-electron chi connectivity index (χ0n) is 24.4. The van der Waals surface area contributed by atoms with Gasteiger partial charge in [-0.3, -0.25) is 24.1 Å². The van der Waals surface area contributed by atoms with Crippen molar-refractivity contribution in [2.45, 2.75) is 44.1 Å². The van der Waals surface area contributed by atoms with Gasteiger partial charge in [0.1, 0.15) is 18.1 Å². The summed E-state index contributed by atoms with van der Waals surface area (Å²) in [5.41, 5.74) is 6.47. The molecule has 5 amide bonds. The van der Waals surface area contributed by atoms with Gasteiger partial charge in [-0.2, -0.15) is 0 Å². The molecule has 0 spiro atoms. The second-order valence-corrected chi connectivity index (χ2v) is 10.6. The fourth-order valence-corrected chi connectivity index (χ4v) is 5.12. The molecule has 13 heteroatoms. The summed E-state index contributed by atoms with van der Waals surface area (Å²) >= 11 is 0. The van der Waals surface area contributed by atoms with Gasteiger partial charge in [-0.15, -0.1) is 0 Å². The Bertz CT molecular complexity index is 1580. The van der Waals surface area contributed by atoms with Gasteiger partial charge in [-0.05, 0) is 29.2 Å². The minimum Gasteiger partial charge on any atom is -0.481 e. The van der Waals surface area contributed by atoms with Crippen LogP contribution in [-0.2, 0) is 42.6 Å². The molecule has 234 valence electrons. The molecule has 4 rings (SSSR count). The molecule has 3 aromatic rings. The smallest absolute Gasteiger partial charge is 0.330 e. The van der Waals surface area contributed by atoms with Crippen molar-refractivity contribution in [1.82, 2.24) is 20.4 Å². The number of nitrogens with two attached hydrogens (primary N) is 1. The van der Waals surface area contributed by atoms with Crippen molar-refractivity contribution in [3.8, 4) is 0 Å². The van der Waals surface area contributed by atoms with Crippen molar-refractivity contribution < 1.29 is 39.0 Å². The van der Waals surface area contributed by atoms with Crippen LogP contribution in [0.15, 0.2) is 84.9 Å². The predicted molar refractivity (Wildman–Crippen MR) is 160 cm³/mol. The quantitative estimate of drug-likeness (QED) is 0.178. The molecular weight excluding hydrogens is 582 g/mol.